The van der Waals surface area contributed by atoms with E-state index < -0.39 is 9.84 Å². The molecule has 1 heterocycles. The number of hydrogen-bond donors (Lipinski definition) is 1. The zero-order valence-electron chi connectivity index (χ0n) is 10.6. The third-order valence-corrected chi connectivity index (χ3v) is 4.19. The van der Waals surface area contributed by atoms with Gasteiger partial charge in [-0.3, -0.25) is 0 Å². The fourth-order valence-electron chi connectivity index (χ4n) is 1.55. The summed E-state index contributed by atoms with van der Waals surface area (Å²) in [5.41, 5.74) is 5.99. The summed E-state index contributed by atoms with van der Waals surface area (Å²) < 4.78 is 24.0. The molecule has 0 aliphatic heterocycles. The molecule has 1 aromatic heterocycles. The number of sulfone groups is 1. The van der Waals surface area contributed by atoms with Crippen molar-refractivity contribution in [1.82, 2.24) is 4.98 Å². The van der Waals surface area contributed by atoms with E-state index in [4.69, 9.17) is 5.73 Å². The molecular weight excluding hydrogens is 236 g/mol. The van der Waals surface area contributed by atoms with Crippen LogP contribution in [0.15, 0.2) is 23.4 Å². The maximum atomic E-state index is 12.0. The second kappa shape index (κ2) is 5.04. The quantitative estimate of drug-likeness (QED) is 0.896. The Hall–Kier alpha value is -1.10. The summed E-state index contributed by atoms with van der Waals surface area (Å²) in [5, 5.41) is 0.00825. The third kappa shape index (κ3) is 4.34. The maximum Gasteiger partial charge on any atom is 0.197 e. The number of nitrogens with zero attached hydrogens (tertiary/aromatic N) is 1. The Bertz CT molecular complexity index is 476. The van der Waals surface area contributed by atoms with Crippen LogP contribution in [-0.4, -0.2) is 19.2 Å². The van der Waals surface area contributed by atoms with Crippen molar-refractivity contribution in [2.24, 2.45) is 5.41 Å². The van der Waals surface area contributed by atoms with Crippen LogP contribution in [0, 0.1) is 5.41 Å². The second-order valence-corrected chi connectivity index (χ2v) is 7.41. The molecule has 0 aliphatic carbocycles. The zero-order chi connectivity index (χ0) is 13.1. The molecule has 0 amide bonds. The first-order valence-electron chi connectivity index (χ1n) is 5.66. The van der Waals surface area contributed by atoms with Crippen LogP contribution in [0.1, 0.15) is 33.6 Å². The van der Waals surface area contributed by atoms with Gasteiger partial charge in [0.1, 0.15) is 0 Å². The van der Waals surface area contributed by atoms with Gasteiger partial charge in [-0.25, -0.2) is 13.4 Å². The molecule has 0 bridgehead atoms. The third-order valence-electron chi connectivity index (χ3n) is 2.44. The second-order valence-electron chi connectivity index (χ2n) is 5.38. The summed E-state index contributed by atoms with van der Waals surface area (Å²) in [4.78, 5) is 3.85. The normalized spacial score (nSPS) is 12.6. The van der Waals surface area contributed by atoms with Crippen molar-refractivity contribution in [3.05, 3.63) is 18.3 Å². The summed E-state index contributed by atoms with van der Waals surface area (Å²) in [6.45, 7) is 6.28. The molecule has 1 rings (SSSR count). The van der Waals surface area contributed by atoms with Gasteiger partial charge >= 0.3 is 0 Å². The number of nitrogen functional groups attached to an aromatic ring is 1. The highest BCUT2D eigenvalue weighted by Crippen LogP contribution is 2.23. The van der Waals surface area contributed by atoms with E-state index in [-0.39, 0.29) is 21.9 Å². The summed E-state index contributed by atoms with van der Waals surface area (Å²) in [6, 6.07) is 3.19. The number of hydrogen-bond acceptors (Lipinski definition) is 4. The molecule has 96 valence electrons. The van der Waals surface area contributed by atoms with Crippen LogP contribution in [0.3, 0.4) is 0 Å². The fourth-order valence-corrected chi connectivity index (χ4v) is 2.92. The minimum atomic E-state index is -3.35. The standard InChI is InChI=1S/C12H20N2O2S/c1-12(2,3)7-5-9-17(15,16)11-10(13)6-4-8-14-11/h4,6,8H,5,7,9,13H2,1-3H3. The van der Waals surface area contributed by atoms with Gasteiger partial charge < -0.3 is 5.73 Å². The molecule has 0 aliphatic rings. The van der Waals surface area contributed by atoms with Crippen molar-refractivity contribution in [1.29, 1.82) is 0 Å². The number of pyridine rings is 1. The number of rotatable bonds is 4. The fraction of sp³-hybridized carbons (Fsp3) is 0.583. The van der Waals surface area contributed by atoms with E-state index in [9.17, 15) is 8.42 Å². The maximum absolute atomic E-state index is 12.0. The van der Waals surface area contributed by atoms with Crippen LogP contribution in [0.5, 0.6) is 0 Å². The Balaban J connectivity index is 2.74. The predicted octanol–water partition coefficient (Wildman–Crippen LogP) is 2.26. The lowest BCUT2D eigenvalue weighted by atomic mass is 9.91. The Kier molecular flexibility index (Phi) is 4.14. The average molecular weight is 256 g/mol. The van der Waals surface area contributed by atoms with Gasteiger partial charge in [-0.1, -0.05) is 20.8 Å². The van der Waals surface area contributed by atoms with E-state index in [1.165, 1.54) is 6.20 Å². The number of nitrogens with two attached hydrogens (primary N) is 1. The molecular formula is C12H20N2O2S. The van der Waals surface area contributed by atoms with E-state index in [1.807, 2.05) is 0 Å². The highest BCUT2D eigenvalue weighted by Gasteiger charge is 2.20. The van der Waals surface area contributed by atoms with Crippen LogP contribution in [0.2, 0.25) is 0 Å². The van der Waals surface area contributed by atoms with Gasteiger partial charge in [-0.05, 0) is 30.4 Å². The van der Waals surface area contributed by atoms with Gasteiger partial charge in [-0.2, -0.15) is 0 Å². The largest absolute Gasteiger partial charge is 0.396 e. The average Bonchev–Trinajstić information content (AvgIpc) is 2.15. The van der Waals surface area contributed by atoms with Crippen molar-refractivity contribution < 1.29 is 8.42 Å². The van der Waals surface area contributed by atoms with Crippen molar-refractivity contribution in [2.45, 2.75) is 38.6 Å². The monoisotopic (exact) mass is 256 g/mol. The van der Waals surface area contributed by atoms with Crippen molar-refractivity contribution >= 4 is 15.5 Å². The molecule has 17 heavy (non-hydrogen) atoms. The highest BCUT2D eigenvalue weighted by atomic mass is 32.2. The smallest absolute Gasteiger partial charge is 0.197 e. The summed E-state index contributed by atoms with van der Waals surface area (Å²) in [7, 11) is -3.35. The summed E-state index contributed by atoms with van der Waals surface area (Å²) >= 11 is 0. The Morgan fingerprint density at radius 2 is 2.00 bits per heavy atom. The van der Waals surface area contributed by atoms with Crippen molar-refractivity contribution in [3.63, 3.8) is 0 Å². The van der Waals surface area contributed by atoms with Crippen molar-refractivity contribution in [2.75, 3.05) is 11.5 Å². The summed E-state index contributed by atoms with van der Waals surface area (Å²) in [6.07, 6.45) is 2.94. The molecule has 0 radical (unpaired) electrons. The van der Waals surface area contributed by atoms with Gasteiger partial charge in [0.2, 0.25) is 0 Å². The molecule has 2 N–H and O–H groups in total. The molecule has 0 saturated carbocycles. The molecule has 4 nitrogen and oxygen atoms in total. The zero-order valence-corrected chi connectivity index (χ0v) is 11.4. The van der Waals surface area contributed by atoms with Crippen LogP contribution < -0.4 is 5.73 Å². The minimum absolute atomic E-state index is 0.00825. The van der Waals surface area contributed by atoms with E-state index in [1.54, 1.807) is 12.1 Å². The van der Waals surface area contributed by atoms with Crippen LogP contribution in [-0.2, 0) is 9.84 Å². The van der Waals surface area contributed by atoms with Gasteiger partial charge in [0.25, 0.3) is 0 Å². The molecule has 0 saturated heterocycles. The van der Waals surface area contributed by atoms with E-state index in [0.29, 0.717) is 6.42 Å². The molecule has 0 spiro atoms. The topological polar surface area (TPSA) is 73.0 Å². The minimum Gasteiger partial charge on any atom is -0.396 e. The molecule has 0 atom stereocenters. The van der Waals surface area contributed by atoms with Crippen LogP contribution in [0.4, 0.5) is 5.69 Å². The molecule has 0 fully saturated rings. The van der Waals surface area contributed by atoms with Crippen molar-refractivity contribution in [3.8, 4) is 0 Å². The first kappa shape index (κ1) is 14.0. The lowest BCUT2D eigenvalue weighted by Gasteiger charge is -2.17. The number of aromatic nitrogens is 1. The van der Waals surface area contributed by atoms with Crippen LogP contribution in [0.25, 0.3) is 0 Å². The van der Waals surface area contributed by atoms with Gasteiger partial charge in [0, 0.05) is 6.20 Å². The van der Waals surface area contributed by atoms with Gasteiger partial charge in [-0.15, -0.1) is 0 Å². The molecule has 1 aromatic rings. The first-order chi connectivity index (χ1) is 7.72. The Labute approximate surface area is 103 Å². The van der Waals surface area contributed by atoms with E-state index in [0.717, 1.165) is 6.42 Å². The van der Waals surface area contributed by atoms with E-state index in [2.05, 4.69) is 25.8 Å². The molecule has 5 heteroatoms. The Morgan fingerprint density at radius 3 is 2.53 bits per heavy atom. The molecule has 0 aromatic carbocycles. The van der Waals surface area contributed by atoms with Gasteiger partial charge in [0.15, 0.2) is 14.9 Å². The van der Waals surface area contributed by atoms with Crippen LogP contribution >= 0.6 is 0 Å². The Morgan fingerprint density at radius 1 is 1.35 bits per heavy atom. The first-order valence-corrected chi connectivity index (χ1v) is 7.31. The SMILES string of the molecule is CC(C)(C)CCCS(=O)(=O)c1ncccc1N. The van der Waals surface area contributed by atoms with Gasteiger partial charge in [0.05, 0.1) is 11.4 Å². The highest BCUT2D eigenvalue weighted by molar-refractivity contribution is 7.91. The predicted molar refractivity (Wildman–Crippen MR) is 69.4 cm³/mol. The number of anilines is 1. The lowest BCUT2D eigenvalue weighted by Crippen LogP contribution is -2.14. The summed E-state index contributed by atoms with van der Waals surface area (Å²) in [5.74, 6) is 0.103. The lowest BCUT2D eigenvalue weighted by molar-refractivity contribution is 0.373. The molecule has 0 unspecified atom stereocenters. The van der Waals surface area contributed by atoms with E-state index >= 15 is 0 Å².